The maximum Gasteiger partial charge on any atom is 0.238 e. The molecular formula is C13H18N2O. The summed E-state index contributed by atoms with van der Waals surface area (Å²) in [6.07, 6.45) is 2.42. The van der Waals surface area contributed by atoms with Gasteiger partial charge in [0.2, 0.25) is 5.91 Å². The van der Waals surface area contributed by atoms with E-state index in [2.05, 4.69) is 17.6 Å². The average molecular weight is 218 g/mol. The highest BCUT2D eigenvalue weighted by Crippen LogP contribution is 2.32. The Kier molecular flexibility index (Phi) is 3.57. The van der Waals surface area contributed by atoms with Gasteiger partial charge < -0.3 is 10.6 Å². The highest BCUT2D eigenvalue weighted by atomic mass is 16.1. The van der Waals surface area contributed by atoms with Crippen LogP contribution in [0.5, 0.6) is 0 Å². The van der Waals surface area contributed by atoms with Crippen molar-refractivity contribution in [1.82, 2.24) is 5.32 Å². The lowest BCUT2D eigenvalue weighted by Crippen LogP contribution is -2.30. The quantitative estimate of drug-likeness (QED) is 0.793. The van der Waals surface area contributed by atoms with Gasteiger partial charge in [0.1, 0.15) is 0 Å². The summed E-state index contributed by atoms with van der Waals surface area (Å²) >= 11 is 0. The van der Waals surface area contributed by atoms with Gasteiger partial charge in [-0.1, -0.05) is 31.5 Å². The Balaban J connectivity index is 1.69. The highest BCUT2D eigenvalue weighted by molar-refractivity contribution is 5.92. The van der Waals surface area contributed by atoms with Crippen LogP contribution < -0.4 is 10.6 Å². The monoisotopic (exact) mass is 218 g/mol. The zero-order chi connectivity index (χ0) is 11.4. The number of amides is 1. The number of hydrogen-bond acceptors (Lipinski definition) is 2. The summed E-state index contributed by atoms with van der Waals surface area (Å²) in [4.78, 5) is 11.6. The fourth-order valence-electron chi connectivity index (χ4n) is 1.90. The molecule has 16 heavy (non-hydrogen) atoms. The first-order valence-electron chi connectivity index (χ1n) is 5.88. The summed E-state index contributed by atoms with van der Waals surface area (Å²) in [5.74, 6) is 0.817. The van der Waals surface area contributed by atoms with Gasteiger partial charge in [-0.25, -0.2) is 0 Å². The Labute approximate surface area is 96.2 Å². The predicted octanol–water partition coefficient (Wildman–Crippen LogP) is 2.01. The molecule has 3 heteroatoms. The lowest BCUT2D eigenvalue weighted by atomic mass is 10.3. The number of benzene rings is 1. The van der Waals surface area contributed by atoms with Crippen molar-refractivity contribution in [2.24, 2.45) is 5.92 Å². The van der Waals surface area contributed by atoms with Gasteiger partial charge in [-0.05, 0) is 24.5 Å². The van der Waals surface area contributed by atoms with Crippen LogP contribution in [0.1, 0.15) is 19.8 Å². The lowest BCUT2D eigenvalue weighted by molar-refractivity contribution is -0.115. The number of anilines is 1. The van der Waals surface area contributed by atoms with E-state index in [0.717, 1.165) is 11.6 Å². The van der Waals surface area contributed by atoms with Crippen molar-refractivity contribution in [2.45, 2.75) is 25.8 Å². The van der Waals surface area contributed by atoms with Crippen LogP contribution in [0.4, 0.5) is 5.69 Å². The number of nitrogens with one attached hydrogen (secondary N) is 2. The van der Waals surface area contributed by atoms with Crippen LogP contribution in [0.3, 0.4) is 0 Å². The van der Waals surface area contributed by atoms with Gasteiger partial charge in [-0.15, -0.1) is 0 Å². The van der Waals surface area contributed by atoms with Gasteiger partial charge >= 0.3 is 0 Å². The van der Waals surface area contributed by atoms with Crippen LogP contribution in [0.2, 0.25) is 0 Å². The van der Waals surface area contributed by atoms with E-state index < -0.39 is 0 Å². The highest BCUT2D eigenvalue weighted by Gasteiger charge is 2.34. The van der Waals surface area contributed by atoms with Gasteiger partial charge in [0.15, 0.2) is 0 Å². The molecule has 0 aromatic heterocycles. The zero-order valence-corrected chi connectivity index (χ0v) is 9.57. The average Bonchev–Trinajstić information content (AvgIpc) is 3.06. The Morgan fingerprint density at radius 1 is 1.38 bits per heavy atom. The summed E-state index contributed by atoms with van der Waals surface area (Å²) in [6.45, 7) is 2.60. The molecule has 1 aromatic carbocycles. The topological polar surface area (TPSA) is 41.1 Å². The van der Waals surface area contributed by atoms with E-state index in [0.29, 0.717) is 12.6 Å². The van der Waals surface area contributed by atoms with Crippen LogP contribution in [0.15, 0.2) is 30.3 Å². The van der Waals surface area contributed by atoms with E-state index in [1.54, 1.807) is 0 Å². The third-order valence-corrected chi connectivity index (χ3v) is 3.03. The maximum atomic E-state index is 11.6. The molecule has 0 saturated heterocycles. The first-order chi connectivity index (χ1) is 7.79. The van der Waals surface area contributed by atoms with Crippen molar-refractivity contribution in [2.75, 3.05) is 11.9 Å². The van der Waals surface area contributed by atoms with E-state index in [4.69, 9.17) is 0 Å². The molecule has 0 heterocycles. The molecule has 0 aliphatic heterocycles. The van der Waals surface area contributed by atoms with E-state index in [1.807, 2.05) is 30.3 Å². The molecular weight excluding hydrogens is 200 g/mol. The summed E-state index contributed by atoms with van der Waals surface area (Å²) in [5.41, 5.74) is 0.858. The molecule has 86 valence electrons. The molecule has 0 bridgehead atoms. The molecule has 2 atom stereocenters. The van der Waals surface area contributed by atoms with Gasteiger partial charge in [0.05, 0.1) is 6.54 Å². The molecule has 1 aromatic rings. The van der Waals surface area contributed by atoms with Crippen molar-refractivity contribution < 1.29 is 4.79 Å². The van der Waals surface area contributed by atoms with Crippen molar-refractivity contribution in [3.05, 3.63) is 30.3 Å². The fourth-order valence-corrected chi connectivity index (χ4v) is 1.90. The molecule has 0 spiro atoms. The maximum absolute atomic E-state index is 11.6. The smallest absolute Gasteiger partial charge is 0.238 e. The first kappa shape index (κ1) is 11.1. The SMILES string of the molecule is CCC1CC1NCC(=O)Nc1ccccc1. The number of para-hydroxylation sites is 1. The molecule has 1 fully saturated rings. The van der Waals surface area contributed by atoms with Gasteiger partial charge in [0, 0.05) is 11.7 Å². The molecule has 2 unspecified atom stereocenters. The normalized spacial score (nSPS) is 22.8. The Bertz CT molecular complexity index is 350. The van der Waals surface area contributed by atoms with Gasteiger partial charge in [0.25, 0.3) is 0 Å². The van der Waals surface area contributed by atoms with E-state index in [9.17, 15) is 4.79 Å². The van der Waals surface area contributed by atoms with E-state index in [1.165, 1.54) is 12.8 Å². The molecule has 3 nitrogen and oxygen atoms in total. The molecule has 1 saturated carbocycles. The number of hydrogen-bond donors (Lipinski definition) is 2. The van der Waals surface area contributed by atoms with E-state index in [-0.39, 0.29) is 5.91 Å². The summed E-state index contributed by atoms with van der Waals surface area (Å²) in [5, 5.41) is 6.12. The second kappa shape index (κ2) is 5.12. The lowest BCUT2D eigenvalue weighted by Gasteiger charge is -2.05. The van der Waals surface area contributed by atoms with Crippen molar-refractivity contribution in [3.8, 4) is 0 Å². The molecule has 2 rings (SSSR count). The van der Waals surface area contributed by atoms with Crippen LogP contribution in [-0.2, 0) is 4.79 Å². The van der Waals surface area contributed by atoms with Crippen molar-refractivity contribution in [3.63, 3.8) is 0 Å². The molecule has 1 amide bonds. The second-order valence-corrected chi connectivity index (χ2v) is 4.31. The third kappa shape index (κ3) is 3.07. The molecule has 1 aliphatic carbocycles. The largest absolute Gasteiger partial charge is 0.325 e. The van der Waals surface area contributed by atoms with Crippen molar-refractivity contribution >= 4 is 11.6 Å². The standard InChI is InChI=1S/C13H18N2O/c1-2-10-8-12(10)14-9-13(16)15-11-6-4-3-5-7-11/h3-7,10,12,14H,2,8-9H2,1H3,(H,15,16). The minimum atomic E-state index is 0.0351. The molecule has 2 N–H and O–H groups in total. The van der Waals surface area contributed by atoms with Gasteiger partial charge in [-0.2, -0.15) is 0 Å². The van der Waals surface area contributed by atoms with E-state index >= 15 is 0 Å². The van der Waals surface area contributed by atoms with Crippen LogP contribution >= 0.6 is 0 Å². The third-order valence-electron chi connectivity index (χ3n) is 3.03. The number of carbonyl (C=O) groups is 1. The zero-order valence-electron chi connectivity index (χ0n) is 9.57. The predicted molar refractivity (Wildman–Crippen MR) is 65.3 cm³/mol. The van der Waals surface area contributed by atoms with Crippen molar-refractivity contribution in [1.29, 1.82) is 0 Å². The Morgan fingerprint density at radius 2 is 2.12 bits per heavy atom. The number of rotatable bonds is 5. The summed E-state index contributed by atoms with van der Waals surface area (Å²) < 4.78 is 0. The minimum Gasteiger partial charge on any atom is -0.325 e. The summed E-state index contributed by atoms with van der Waals surface area (Å²) in [7, 11) is 0. The number of carbonyl (C=O) groups excluding carboxylic acids is 1. The second-order valence-electron chi connectivity index (χ2n) is 4.31. The first-order valence-corrected chi connectivity index (χ1v) is 5.88. The van der Waals surface area contributed by atoms with Crippen LogP contribution in [0, 0.1) is 5.92 Å². The summed E-state index contributed by atoms with van der Waals surface area (Å²) in [6, 6.07) is 10.1. The van der Waals surface area contributed by atoms with Crippen LogP contribution in [-0.4, -0.2) is 18.5 Å². The Morgan fingerprint density at radius 3 is 2.75 bits per heavy atom. The fraction of sp³-hybridized carbons (Fsp3) is 0.462. The van der Waals surface area contributed by atoms with Crippen LogP contribution in [0.25, 0.3) is 0 Å². The molecule has 0 radical (unpaired) electrons. The minimum absolute atomic E-state index is 0.0351. The van der Waals surface area contributed by atoms with Gasteiger partial charge in [-0.3, -0.25) is 4.79 Å². The molecule has 1 aliphatic rings. The Hall–Kier alpha value is -1.35.